The summed E-state index contributed by atoms with van der Waals surface area (Å²) >= 11 is 0. The fraction of sp³-hybridized carbons (Fsp3) is 0.233. The van der Waals surface area contributed by atoms with Crippen molar-refractivity contribution in [2.45, 2.75) is 38.3 Å². The molecular formula is C30H31ClN2O2. The van der Waals surface area contributed by atoms with Gasteiger partial charge in [-0.3, -0.25) is 4.79 Å². The number of benzene rings is 4. The van der Waals surface area contributed by atoms with E-state index < -0.39 is 0 Å². The van der Waals surface area contributed by atoms with Gasteiger partial charge in [-0.05, 0) is 59.9 Å². The lowest BCUT2D eigenvalue weighted by Gasteiger charge is -2.33. The number of nitrogens with two attached hydrogens (primary N) is 1. The zero-order valence-corrected chi connectivity index (χ0v) is 20.8. The molecule has 3 N–H and O–H groups in total. The van der Waals surface area contributed by atoms with Gasteiger partial charge in [0.15, 0.2) is 0 Å². The molecular weight excluding hydrogens is 456 g/mol. The van der Waals surface area contributed by atoms with Crippen LogP contribution in [-0.4, -0.2) is 18.6 Å². The maximum absolute atomic E-state index is 12.0. The average Bonchev–Trinajstić information content (AvgIpc) is 2.86. The number of hydrogen-bond acceptors (Lipinski definition) is 3. The first kappa shape index (κ1) is 24.8. The van der Waals surface area contributed by atoms with E-state index in [1.165, 1.54) is 16.3 Å². The van der Waals surface area contributed by atoms with Gasteiger partial charge >= 0.3 is 0 Å². The van der Waals surface area contributed by atoms with Gasteiger partial charge in [-0.25, -0.2) is 0 Å². The molecule has 1 amide bonds. The highest BCUT2D eigenvalue weighted by atomic mass is 35.5. The second-order valence-electron chi connectivity index (χ2n) is 9.20. The molecule has 180 valence electrons. The molecule has 35 heavy (non-hydrogen) atoms. The van der Waals surface area contributed by atoms with E-state index in [0.29, 0.717) is 5.56 Å². The second-order valence-corrected chi connectivity index (χ2v) is 9.20. The lowest BCUT2D eigenvalue weighted by atomic mass is 9.83. The van der Waals surface area contributed by atoms with E-state index in [9.17, 15) is 4.79 Å². The Balaban J connectivity index is 0.00000289. The molecule has 1 heterocycles. The number of primary amides is 1. The maximum Gasteiger partial charge on any atom is 0.248 e. The number of hydrogen-bond donors (Lipinski definition) is 2. The Morgan fingerprint density at radius 1 is 1.03 bits per heavy atom. The highest BCUT2D eigenvalue weighted by Gasteiger charge is 2.30. The number of amides is 1. The normalized spacial score (nSPS) is 17.7. The molecule has 0 aliphatic carbocycles. The van der Waals surface area contributed by atoms with Gasteiger partial charge in [-0.15, -0.1) is 12.4 Å². The van der Waals surface area contributed by atoms with Crippen LogP contribution < -0.4 is 15.8 Å². The minimum Gasteiger partial charge on any atom is -0.489 e. The summed E-state index contributed by atoms with van der Waals surface area (Å²) in [5.74, 6) is 0.662. The van der Waals surface area contributed by atoms with Crippen LogP contribution in [0.15, 0.2) is 84.9 Å². The number of rotatable bonds is 6. The van der Waals surface area contributed by atoms with Gasteiger partial charge in [0.1, 0.15) is 11.9 Å². The summed E-state index contributed by atoms with van der Waals surface area (Å²) in [6, 6.07) is 29.4. The summed E-state index contributed by atoms with van der Waals surface area (Å²) in [6.45, 7) is 4.85. The first-order chi connectivity index (χ1) is 16.5. The smallest absolute Gasteiger partial charge is 0.248 e. The van der Waals surface area contributed by atoms with Crippen LogP contribution in [0.25, 0.3) is 10.8 Å². The van der Waals surface area contributed by atoms with Gasteiger partial charge in [0.25, 0.3) is 0 Å². The summed E-state index contributed by atoms with van der Waals surface area (Å²) in [4.78, 5) is 12.0. The van der Waals surface area contributed by atoms with E-state index in [-0.39, 0.29) is 36.4 Å². The first-order valence-corrected chi connectivity index (χ1v) is 11.9. The number of aryl methyl sites for hydroxylation is 1. The summed E-state index contributed by atoms with van der Waals surface area (Å²) in [6.07, 6.45) is 0.837. The Kier molecular flexibility index (Phi) is 7.44. The van der Waals surface area contributed by atoms with Crippen molar-refractivity contribution in [2.75, 3.05) is 6.54 Å². The fourth-order valence-corrected chi connectivity index (χ4v) is 5.10. The van der Waals surface area contributed by atoms with E-state index >= 15 is 0 Å². The predicted octanol–water partition coefficient (Wildman–Crippen LogP) is 6.30. The molecule has 2 unspecified atom stereocenters. The molecule has 0 saturated carbocycles. The van der Waals surface area contributed by atoms with Crippen LogP contribution in [0.1, 0.15) is 57.9 Å². The summed E-state index contributed by atoms with van der Waals surface area (Å²) in [5, 5.41) is 6.23. The number of ether oxygens (including phenoxy) is 1. The Hall–Kier alpha value is -3.34. The summed E-state index contributed by atoms with van der Waals surface area (Å²) in [7, 11) is 0. The van der Waals surface area contributed by atoms with Gasteiger partial charge in [0.05, 0.1) is 0 Å². The molecule has 0 aromatic heterocycles. The van der Waals surface area contributed by atoms with Crippen molar-refractivity contribution in [3.8, 4) is 5.75 Å². The van der Waals surface area contributed by atoms with Crippen LogP contribution >= 0.6 is 12.4 Å². The van der Waals surface area contributed by atoms with Crippen LogP contribution in [0.4, 0.5) is 0 Å². The van der Waals surface area contributed by atoms with Crippen molar-refractivity contribution in [3.05, 3.63) is 113 Å². The Morgan fingerprint density at radius 2 is 1.77 bits per heavy atom. The Labute approximate surface area is 212 Å². The molecule has 3 atom stereocenters. The van der Waals surface area contributed by atoms with Gasteiger partial charge in [-0.2, -0.15) is 0 Å². The van der Waals surface area contributed by atoms with Crippen LogP contribution in [-0.2, 0) is 0 Å². The largest absolute Gasteiger partial charge is 0.489 e. The van der Waals surface area contributed by atoms with Gasteiger partial charge in [0.2, 0.25) is 5.91 Å². The van der Waals surface area contributed by atoms with Crippen molar-refractivity contribution in [2.24, 2.45) is 5.73 Å². The molecule has 0 radical (unpaired) electrons. The molecule has 0 saturated heterocycles. The lowest BCUT2D eigenvalue weighted by molar-refractivity contribution is 0.0999. The molecule has 5 heteroatoms. The minimum atomic E-state index is -0.387. The summed E-state index contributed by atoms with van der Waals surface area (Å²) in [5.41, 5.74) is 10.7. The third-order valence-corrected chi connectivity index (χ3v) is 6.96. The Morgan fingerprint density at radius 3 is 2.60 bits per heavy atom. The molecule has 4 aromatic rings. The molecule has 1 aliphatic heterocycles. The Bertz CT molecular complexity index is 1350. The van der Waals surface area contributed by atoms with Gasteiger partial charge < -0.3 is 15.8 Å². The molecule has 1 aliphatic rings. The van der Waals surface area contributed by atoms with E-state index in [2.05, 4.69) is 66.8 Å². The molecule has 0 fully saturated rings. The van der Waals surface area contributed by atoms with Crippen molar-refractivity contribution in [1.82, 2.24) is 5.32 Å². The monoisotopic (exact) mass is 486 g/mol. The number of carbonyl (C=O) groups excluding carboxylic acids is 1. The lowest BCUT2D eigenvalue weighted by Crippen LogP contribution is -2.37. The molecule has 5 rings (SSSR count). The highest BCUT2D eigenvalue weighted by Crippen LogP contribution is 2.40. The van der Waals surface area contributed by atoms with E-state index in [1.807, 2.05) is 37.3 Å². The molecule has 0 bridgehead atoms. The minimum absolute atomic E-state index is 0. The number of fused-ring (bicyclic) bond motifs is 2. The van der Waals surface area contributed by atoms with Gasteiger partial charge in [-0.1, -0.05) is 72.8 Å². The SMILES string of the molecule is Cc1ccc(C2CC(CN[C@H](C)c3cccc4ccccc34)Oc3ccccc32)cc1C(N)=O.Cl. The average molecular weight is 487 g/mol. The predicted molar refractivity (Wildman–Crippen MR) is 145 cm³/mol. The van der Waals surface area contributed by atoms with Crippen LogP contribution in [0.2, 0.25) is 0 Å². The van der Waals surface area contributed by atoms with E-state index in [1.54, 1.807) is 0 Å². The van der Waals surface area contributed by atoms with Crippen LogP contribution in [0, 0.1) is 6.92 Å². The van der Waals surface area contributed by atoms with E-state index in [0.717, 1.165) is 35.4 Å². The topological polar surface area (TPSA) is 64.3 Å². The van der Waals surface area contributed by atoms with Crippen molar-refractivity contribution in [1.29, 1.82) is 0 Å². The van der Waals surface area contributed by atoms with Crippen molar-refractivity contribution in [3.63, 3.8) is 0 Å². The number of para-hydroxylation sites is 1. The summed E-state index contributed by atoms with van der Waals surface area (Å²) < 4.78 is 6.40. The number of carbonyl (C=O) groups is 1. The van der Waals surface area contributed by atoms with Gasteiger partial charge in [0, 0.05) is 29.6 Å². The van der Waals surface area contributed by atoms with Crippen LogP contribution in [0.5, 0.6) is 5.75 Å². The molecule has 4 aromatic carbocycles. The van der Waals surface area contributed by atoms with Crippen LogP contribution in [0.3, 0.4) is 0 Å². The third kappa shape index (κ3) is 5.04. The molecule has 4 nitrogen and oxygen atoms in total. The van der Waals surface area contributed by atoms with Crippen molar-refractivity contribution >= 4 is 29.1 Å². The quantitative estimate of drug-likeness (QED) is 0.336. The number of nitrogens with one attached hydrogen (secondary N) is 1. The number of halogens is 1. The zero-order valence-electron chi connectivity index (χ0n) is 20.0. The fourth-order valence-electron chi connectivity index (χ4n) is 5.10. The first-order valence-electron chi connectivity index (χ1n) is 11.9. The van der Waals surface area contributed by atoms with E-state index in [4.69, 9.17) is 10.5 Å². The standard InChI is InChI=1S/C30H30N2O2.ClH/c1-19-14-15-22(16-27(19)30(31)33)28-17-23(34-29-13-6-5-11-26(28)29)18-32-20(2)24-12-7-9-21-8-3-4-10-25(21)24;/h3-16,20,23,28,32H,17-18H2,1-2H3,(H2,31,33);1H/t20-,23?,28?;/m1./s1. The third-order valence-electron chi connectivity index (χ3n) is 6.96. The maximum atomic E-state index is 12.0. The second kappa shape index (κ2) is 10.5. The van der Waals surface area contributed by atoms with Crippen molar-refractivity contribution < 1.29 is 9.53 Å². The highest BCUT2D eigenvalue weighted by molar-refractivity contribution is 5.94. The zero-order chi connectivity index (χ0) is 23.7. The molecule has 0 spiro atoms.